The van der Waals surface area contributed by atoms with Gasteiger partial charge in [0.05, 0.1) is 18.8 Å². The van der Waals surface area contributed by atoms with E-state index in [4.69, 9.17) is 4.74 Å². The molecule has 1 aliphatic rings. The number of hydrogen-bond acceptors (Lipinski definition) is 4. The summed E-state index contributed by atoms with van der Waals surface area (Å²) in [6, 6.07) is 4.63. The fraction of sp³-hybridized carbons (Fsp3) is 0.765. The van der Waals surface area contributed by atoms with E-state index in [1.54, 1.807) is 11.3 Å². The van der Waals surface area contributed by atoms with Crippen molar-refractivity contribution >= 4 is 11.3 Å². The Morgan fingerprint density at radius 2 is 2.14 bits per heavy atom. The Morgan fingerprint density at radius 3 is 2.81 bits per heavy atom. The standard InChI is InChI=1S/C17H29NO2S/c1-13-5-7-16(8-6-13)20-12-15(19)11-18-14(2)10-17-4-3-9-21-17/h3-4,9,13-16,18-19H,5-8,10-12H2,1-2H3. The summed E-state index contributed by atoms with van der Waals surface area (Å²) in [5, 5.41) is 15.5. The van der Waals surface area contributed by atoms with Crippen LogP contribution in [-0.2, 0) is 11.2 Å². The predicted octanol–water partition coefficient (Wildman–Crippen LogP) is 3.22. The average Bonchev–Trinajstić information content (AvgIpc) is 2.97. The van der Waals surface area contributed by atoms with E-state index in [-0.39, 0.29) is 0 Å². The van der Waals surface area contributed by atoms with Crippen LogP contribution in [0.25, 0.3) is 0 Å². The number of aliphatic hydroxyl groups is 1. The number of rotatable bonds is 8. The number of ether oxygens (including phenoxy) is 1. The van der Waals surface area contributed by atoms with Crippen molar-refractivity contribution in [2.45, 2.75) is 64.2 Å². The molecule has 2 N–H and O–H groups in total. The number of aliphatic hydroxyl groups excluding tert-OH is 1. The lowest BCUT2D eigenvalue weighted by molar-refractivity contribution is -0.0282. The van der Waals surface area contributed by atoms with Gasteiger partial charge in [-0.3, -0.25) is 0 Å². The topological polar surface area (TPSA) is 41.5 Å². The van der Waals surface area contributed by atoms with Gasteiger partial charge in [-0.05, 0) is 56.4 Å². The summed E-state index contributed by atoms with van der Waals surface area (Å²) in [4.78, 5) is 1.39. The van der Waals surface area contributed by atoms with Gasteiger partial charge in [0, 0.05) is 17.5 Å². The lowest BCUT2D eigenvalue weighted by Gasteiger charge is -2.27. The largest absolute Gasteiger partial charge is 0.389 e. The van der Waals surface area contributed by atoms with Gasteiger partial charge in [0.2, 0.25) is 0 Å². The van der Waals surface area contributed by atoms with Crippen molar-refractivity contribution in [2.75, 3.05) is 13.2 Å². The molecule has 2 rings (SSSR count). The van der Waals surface area contributed by atoms with Crippen molar-refractivity contribution in [2.24, 2.45) is 5.92 Å². The van der Waals surface area contributed by atoms with E-state index in [1.165, 1.54) is 17.7 Å². The molecule has 0 aliphatic heterocycles. The highest BCUT2D eigenvalue weighted by atomic mass is 32.1. The molecule has 0 spiro atoms. The minimum atomic E-state index is -0.407. The van der Waals surface area contributed by atoms with Gasteiger partial charge < -0.3 is 15.2 Å². The number of hydrogen-bond donors (Lipinski definition) is 2. The molecular weight excluding hydrogens is 282 g/mol. The molecular formula is C17H29NO2S. The number of nitrogens with one attached hydrogen (secondary N) is 1. The predicted molar refractivity (Wildman–Crippen MR) is 88.9 cm³/mol. The van der Waals surface area contributed by atoms with Crippen molar-refractivity contribution < 1.29 is 9.84 Å². The summed E-state index contributed by atoms with van der Waals surface area (Å²) < 4.78 is 5.84. The first-order chi connectivity index (χ1) is 10.1. The fourth-order valence-electron chi connectivity index (χ4n) is 2.84. The third-order valence-corrected chi connectivity index (χ3v) is 5.18. The Bertz CT molecular complexity index is 374. The molecule has 1 saturated carbocycles. The van der Waals surface area contributed by atoms with Gasteiger partial charge >= 0.3 is 0 Å². The van der Waals surface area contributed by atoms with Crippen molar-refractivity contribution in [3.63, 3.8) is 0 Å². The molecule has 1 aromatic rings. The second kappa shape index (κ2) is 8.89. The summed E-state index contributed by atoms with van der Waals surface area (Å²) >= 11 is 1.79. The molecule has 0 amide bonds. The van der Waals surface area contributed by atoms with Crippen LogP contribution in [0, 0.1) is 5.92 Å². The van der Waals surface area contributed by atoms with Crippen LogP contribution in [0.4, 0.5) is 0 Å². The fourth-order valence-corrected chi connectivity index (χ4v) is 3.68. The Balaban J connectivity index is 1.55. The average molecular weight is 311 g/mol. The highest BCUT2D eigenvalue weighted by Gasteiger charge is 2.19. The van der Waals surface area contributed by atoms with Gasteiger partial charge in [0.1, 0.15) is 0 Å². The maximum absolute atomic E-state index is 10.0. The first-order valence-corrected chi connectivity index (χ1v) is 9.07. The van der Waals surface area contributed by atoms with E-state index in [1.807, 2.05) is 0 Å². The van der Waals surface area contributed by atoms with Gasteiger partial charge in [-0.25, -0.2) is 0 Å². The van der Waals surface area contributed by atoms with E-state index in [2.05, 4.69) is 36.7 Å². The van der Waals surface area contributed by atoms with Crippen LogP contribution < -0.4 is 5.32 Å². The van der Waals surface area contributed by atoms with Crippen molar-refractivity contribution in [1.82, 2.24) is 5.32 Å². The van der Waals surface area contributed by atoms with Crippen LogP contribution >= 0.6 is 11.3 Å². The lowest BCUT2D eigenvalue weighted by Crippen LogP contribution is -2.37. The zero-order chi connectivity index (χ0) is 15.1. The van der Waals surface area contributed by atoms with Gasteiger partial charge in [0.15, 0.2) is 0 Å². The van der Waals surface area contributed by atoms with Gasteiger partial charge in [0.25, 0.3) is 0 Å². The minimum absolute atomic E-state index is 0.361. The van der Waals surface area contributed by atoms with Crippen LogP contribution in [0.15, 0.2) is 17.5 Å². The molecule has 1 aromatic heterocycles. The second-order valence-electron chi connectivity index (χ2n) is 6.46. The zero-order valence-electron chi connectivity index (χ0n) is 13.3. The molecule has 2 atom stereocenters. The molecule has 21 heavy (non-hydrogen) atoms. The van der Waals surface area contributed by atoms with E-state index >= 15 is 0 Å². The monoisotopic (exact) mass is 311 g/mol. The molecule has 1 heterocycles. The van der Waals surface area contributed by atoms with Crippen molar-refractivity contribution in [3.8, 4) is 0 Å². The van der Waals surface area contributed by atoms with Crippen LogP contribution in [0.2, 0.25) is 0 Å². The molecule has 1 aliphatic carbocycles. The van der Waals surface area contributed by atoms with Crippen molar-refractivity contribution in [1.29, 1.82) is 0 Å². The summed E-state index contributed by atoms with van der Waals surface area (Å²) in [6.45, 7) is 5.53. The van der Waals surface area contributed by atoms with Crippen molar-refractivity contribution in [3.05, 3.63) is 22.4 Å². The van der Waals surface area contributed by atoms with E-state index in [0.717, 1.165) is 25.2 Å². The van der Waals surface area contributed by atoms with Crippen LogP contribution in [0.3, 0.4) is 0 Å². The van der Waals surface area contributed by atoms with Crippen LogP contribution in [0.1, 0.15) is 44.4 Å². The summed E-state index contributed by atoms with van der Waals surface area (Å²) in [7, 11) is 0. The first kappa shape index (κ1) is 16.9. The van der Waals surface area contributed by atoms with Gasteiger partial charge in [-0.15, -0.1) is 11.3 Å². The normalized spacial score (nSPS) is 25.7. The summed E-state index contributed by atoms with van der Waals surface area (Å²) in [5.41, 5.74) is 0. The Morgan fingerprint density at radius 1 is 1.38 bits per heavy atom. The SMILES string of the molecule is CC1CCC(OCC(O)CNC(C)Cc2cccs2)CC1. The quantitative estimate of drug-likeness (QED) is 0.774. The zero-order valence-corrected chi connectivity index (χ0v) is 14.1. The van der Waals surface area contributed by atoms with Gasteiger partial charge in [-0.2, -0.15) is 0 Å². The molecule has 2 unspecified atom stereocenters. The maximum Gasteiger partial charge on any atom is 0.0897 e. The summed E-state index contributed by atoms with van der Waals surface area (Å²) in [5.74, 6) is 0.842. The highest BCUT2D eigenvalue weighted by molar-refractivity contribution is 7.09. The smallest absolute Gasteiger partial charge is 0.0897 e. The molecule has 4 heteroatoms. The third-order valence-electron chi connectivity index (χ3n) is 4.28. The molecule has 3 nitrogen and oxygen atoms in total. The summed E-state index contributed by atoms with van der Waals surface area (Å²) in [6.07, 6.45) is 5.79. The first-order valence-electron chi connectivity index (χ1n) is 8.19. The van der Waals surface area contributed by atoms with Crippen LogP contribution in [0.5, 0.6) is 0 Å². The molecule has 120 valence electrons. The minimum Gasteiger partial charge on any atom is -0.389 e. The van der Waals surface area contributed by atoms with Crippen LogP contribution in [-0.4, -0.2) is 36.5 Å². The van der Waals surface area contributed by atoms with E-state index in [9.17, 15) is 5.11 Å². The lowest BCUT2D eigenvalue weighted by atomic mass is 9.89. The van der Waals surface area contributed by atoms with E-state index < -0.39 is 6.10 Å². The molecule has 0 radical (unpaired) electrons. The molecule has 0 saturated heterocycles. The Kier molecular flexibility index (Phi) is 7.17. The second-order valence-corrected chi connectivity index (χ2v) is 7.49. The van der Waals surface area contributed by atoms with Gasteiger partial charge in [-0.1, -0.05) is 13.0 Å². The third kappa shape index (κ3) is 6.47. The molecule has 0 bridgehead atoms. The van der Waals surface area contributed by atoms with E-state index in [0.29, 0.717) is 25.3 Å². The Labute approximate surface area is 132 Å². The Hall–Kier alpha value is -0.420. The number of thiophene rings is 1. The maximum atomic E-state index is 10.0. The molecule has 1 fully saturated rings. The molecule has 0 aromatic carbocycles. The highest BCUT2D eigenvalue weighted by Crippen LogP contribution is 2.25.